The van der Waals surface area contributed by atoms with Crippen LogP contribution in [0.1, 0.15) is 5.56 Å². The van der Waals surface area contributed by atoms with Crippen molar-refractivity contribution >= 4 is 28.5 Å². The van der Waals surface area contributed by atoms with E-state index >= 15 is 0 Å². The highest BCUT2D eigenvalue weighted by Gasteiger charge is 2.04. The van der Waals surface area contributed by atoms with Gasteiger partial charge in [0.2, 0.25) is 0 Å². The van der Waals surface area contributed by atoms with Crippen molar-refractivity contribution in [3.63, 3.8) is 0 Å². The van der Waals surface area contributed by atoms with Gasteiger partial charge < -0.3 is 0 Å². The third kappa shape index (κ3) is 2.88. The van der Waals surface area contributed by atoms with E-state index in [9.17, 15) is 10.1 Å². The van der Waals surface area contributed by atoms with Crippen molar-refractivity contribution in [2.75, 3.05) is 5.43 Å². The number of nitro groups is 1. The van der Waals surface area contributed by atoms with E-state index < -0.39 is 4.92 Å². The molecule has 0 unspecified atom stereocenters. The monoisotopic (exact) mass is 293 g/mol. The number of hydrazone groups is 1. The molecule has 108 valence electrons. The van der Waals surface area contributed by atoms with Crippen LogP contribution in [0.5, 0.6) is 0 Å². The normalized spacial score (nSPS) is 10.9. The van der Waals surface area contributed by atoms with Crippen LogP contribution in [0, 0.1) is 10.1 Å². The van der Waals surface area contributed by atoms with E-state index in [2.05, 4.69) is 20.7 Å². The van der Waals surface area contributed by atoms with Gasteiger partial charge in [0.15, 0.2) is 5.82 Å². The molecule has 0 bridgehead atoms. The first kappa shape index (κ1) is 13.6. The van der Waals surface area contributed by atoms with Crippen molar-refractivity contribution < 1.29 is 4.92 Å². The summed E-state index contributed by atoms with van der Waals surface area (Å²) < 4.78 is 0. The second kappa shape index (κ2) is 5.96. The number of aromatic nitrogens is 2. The lowest BCUT2D eigenvalue weighted by molar-refractivity contribution is -0.384. The van der Waals surface area contributed by atoms with E-state index in [1.807, 2.05) is 24.3 Å². The van der Waals surface area contributed by atoms with Gasteiger partial charge in [0.1, 0.15) is 0 Å². The second-order valence-corrected chi connectivity index (χ2v) is 4.50. The van der Waals surface area contributed by atoms with Gasteiger partial charge in [-0.25, -0.2) is 0 Å². The van der Waals surface area contributed by atoms with Gasteiger partial charge in [-0.3, -0.25) is 15.5 Å². The maximum Gasteiger partial charge on any atom is 0.270 e. The van der Waals surface area contributed by atoms with Crippen LogP contribution in [0.4, 0.5) is 11.5 Å². The van der Waals surface area contributed by atoms with Crippen LogP contribution in [0.25, 0.3) is 10.8 Å². The molecule has 0 aliphatic carbocycles. The minimum Gasteiger partial charge on any atom is -0.259 e. The van der Waals surface area contributed by atoms with Crippen molar-refractivity contribution in [2.45, 2.75) is 0 Å². The van der Waals surface area contributed by atoms with Crippen LogP contribution in [-0.4, -0.2) is 21.3 Å². The number of hydrogen-bond acceptors (Lipinski definition) is 6. The minimum absolute atomic E-state index is 0.0221. The first-order chi connectivity index (χ1) is 10.7. The highest BCUT2D eigenvalue weighted by atomic mass is 16.6. The molecule has 0 aliphatic heterocycles. The maximum atomic E-state index is 10.7. The Kier molecular flexibility index (Phi) is 3.69. The van der Waals surface area contributed by atoms with Crippen molar-refractivity contribution in [2.24, 2.45) is 5.10 Å². The maximum absolute atomic E-state index is 10.7. The van der Waals surface area contributed by atoms with E-state index in [0.717, 1.165) is 10.8 Å². The van der Waals surface area contributed by atoms with E-state index in [-0.39, 0.29) is 5.69 Å². The summed E-state index contributed by atoms with van der Waals surface area (Å²) >= 11 is 0. The Bertz CT molecular complexity index is 858. The molecule has 0 radical (unpaired) electrons. The van der Waals surface area contributed by atoms with E-state index in [0.29, 0.717) is 11.4 Å². The average Bonchev–Trinajstić information content (AvgIpc) is 2.55. The van der Waals surface area contributed by atoms with Gasteiger partial charge >= 0.3 is 0 Å². The first-order valence-electron chi connectivity index (χ1n) is 6.48. The fourth-order valence-electron chi connectivity index (χ4n) is 2.00. The number of anilines is 1. The van der Waals surface area contributed by atoms with Crippen LogP contribution in [0.15, 0.2) is 59.8 Å². The molecule has 1 N–H and O–H groups in total. The van der Waals surface area contributed by atoms with Gasteiger partial charge in [-0.2, -0.15) is 10.2 Å². The van der Waals surface area contributed by atoms with Crippen molar-refractivity contribution in [3.8, 4) is 0 Å². The molecule has 1 heterocycles. The number of nitrogens with one attached hydrogen (secondary N) is 1. The van der Waals surface area contributed by atoms with E-state index in [1.54, 1.807) is 18.3 Å². The Hall–Kier alpha value is -3.35. The molecule has 3 aromatic rings. The molecule has 7 heteroatoms. The quantitative estimate of drug-likeness (QED) is 0.453. The molecular formula is C15H11N5O2. The molecule has 0 saturated heterocycles. The van der Waals surface area contributed by atoms with Crippen LogP contribution >= 0.6 is 0 Å². The molecular weight excluding hydrogens is 282 g/mol. The highest BCUT2D eigenvalue weighted by Crippen LogP contribution is 2.19. The Morgan fingerprint density at radius 1 is 1.18 bits per heavy atom. The Labute approximate surface area is 125 Å². The van der Waals surface area contributed by atoms with Gasteiger partial charge in [0.25, 0.3) is 5.69 Å². The second-order valence-electron chi connectivity index (χ2n) is 4.50. The van der Waals surface area contributed by atoms with E-state index in [4.69, 9.17) is 0 Å². The largest absolute Gasteiger partial charge is 0.270 e. The predicted octanol–water partition coefficient (Wildman–Crippen LogP) is 2.98. The van der Waals surface area contributed by atoms with Crippen molar-refractivity contribution in [1.29, 1.82) is 0 Å². The highest BCUT2D eigenvalue weighted by molar-refractivity contribution is 5.91. The minimum atomic E-state index is -0.444. The number of nitro benzene ring substituents is 1. The summed E-state index contributed by atoms with van der Waals surface area (Å²) in [4.78, 5) is 10.3. The molecule has 0 atom stereocenters. The van der Waals surface area contributed by atoms with Crippen LogP contribution in [0.2, 0.25) is 0 Å². The zero-order valence-electron chi connectivity index (χ0n) is 11.4. The predicted molar refractivity (Wildman–Crippen MR) is 83.9 cm³/mol. The van der Waals surface area contributed by atoms with Crippen LogP contribution in [-0.2, 0) is 0 Å². The number of nitrogens with zero attached hydrogens (tertiary/aromatic N) is 4. The summed E-state index contributed by atoms with van der Waals surface area (Å²) in [6, 6.07) is 13.9. The van der Waals surface area contributed by atoms with Gasteiger partial charge in [-0.15, -0.1) is 5.10 Å². The van der Waals surface area contributed by atoms with Gasteiger partial charge in [0, 0.05) is 28.5 Å². The van der Waals surface area contributed by atoms with Crippen LogP contribution in [0.3, 0.4) is 0 Å². The zero-order chi connectivity index (χ0) is 15.4. The van der Waals surface area contributed by atoms with E-state index in [1.165, 1.54) is 18.3 Å². The van der Waals surface area contributed by atoms with Gasteiger partial charge in [0.05, 0.1) is 17.3 Å². The molecule has 0 saturated carbocycles. The fourth-order valence-corrected chi connectivity index (χ4v) is 2.00. The number of hydrogen-bond donors (Lipinski definition) is 1. The molecule has 3 rings (SSSR count). The SMILES string of the molecule is O=[N+]([O-])c1cccc(/C=N\Nc2nncc3ccccc23)c1. The summed E-state index contributed by atoms with van der Waals surface area (Å²) in [6.07, 6.45) is 3.17. The Morgan fingerprint density at radius 3 is 2.91 bits per heavy atom. The molecule has 7 nitrogen and oxygen atoms in total. The smallest absolute Gasteiger partial charge is 0.259 e. The lowest BCUT2D eigenvalue weighted by Crippen LogP contribution is -1.96. The summed E-state index contributed by atoms with van der Waals surface area (Å²) in [7, 11) is 0. The van der Waals surface area contributed by atoms with Gasteiger partial charge in [-0.05, 0) is 0 Å². The number of non-ortho nitro benzene ring substituents is 1. The topological polar surface area (TPSA) is 93.3 Å². The summed E-state index contributed by atoms with van der Waals surface area (Å²) in [6.45, 7) is 0. The number of rotatable bonds is 4. The standard InChI is InChI=1S/C15H11N5O2/c21-20(22)13-6-3-4-11(8-13)9-16-18-15-14-7-2-1-5-12(14)10-17-19-15/h1-10H,(H,18,19)/b16-9-. The molecule has 0 aliphatic rings. The first-order valence-corrected chi connectivity index (χ1v) is 6.48. The van der Waals surface area contributed by atoms with Gasteiger partial charge in [-0.1, -0.05) is 36.4 Å². The average molecular weight is 293 g/mol. The van der Waals surface area contributed by atoms with Crippen molar-refractivity contribution in [3.05, 3.63) is 70.4 Å². The summed E-state index contributed by atoms with van der Waals surface area (Å²) in [5.41, 5.74) is 3.45. The Balaban J connectivity index is 1.82. The number of fused-ring (bicyclic) bond motifs is 1. The molecule has 1 aromatic heterocycles. The van der Waals surface area contributed by atoms with Crippen molar-refractivity contribution in [1.82, 2.24) is 10.2 Å². The number of benzene rings is 2. The molecule has 2 aromatic carbocycles. The molecule has 0 spiro atoms. The Morgan fingerprint density at radius 2 is 2.05 bits per heavy atom. The lowest BCUT2D eigenvalue weighted by Gasteiger charge is -2.02. The molecule has 0 fully saturated rings. The fraction of sp³-hybridized carbons (Fsp3) is 0. The molecule has 0 amide bonds. The summed E-state index contributed by atoms with van der Waals surface area (Å²) in [5, 5.41) is 24.5. The zero-order valence-corrected chi connectivity index (χ0v) is 11.4. The summed E-state index contributed by atoms with van der Waals surface area (Å²) in [5.74, 6) is 0.528. The third-order valence-electron chi connectivity index (χ3n) is 3.04. The lowest BCUT2D eigenvalue weighted by atomic mass is 10.2. The third-order valence-corrected chi connectivity index (χ3v) is 3.04. The van der Waals surface area contributed by atoms with Crippen LogP contribution < -0.4 is 5.43 Å². The molecule has 22 heavy (non-hydrogen) atoms.